The predicted octanol–water partition coefficient (Wildman–Crippen LogP) is 1.37. The van der Waals surface area contributed by atoms with Gasteiger partial charge in [0, 0.05) is 0 Å². The molecule has 1 heterocycles. The minimum absolute atomic E-state index is 0.344. The molecule has 0 radical (unpaired) electrons. The van der Waals surface area contributed by atoms with Gasteiger partial charge in [0.15, 0.2) is 0 Å². The van der Waals surface area contributed by atoms with Crippen LogP contribution in [-0.4, -0.2) is 36.5 Å². The quantitative estimate of drug-likeness (QED) is 0.843. The molecule has 1 aromatic heterocycles. The largest absolute Gasteiger partial charge is 0.480 e. The maximum Gasteiger partial charge on any atom is 0.316 e. The van der Waals surface area contributed by atoms with E-state index in [0.717, 1.165) is 11.8 Å². The van der Waals surface area contributed by atoms with Crippen LogP contribution in [0, 0.1) is 5.82 Å². The summed E-state index contributed by atoms with van der Waals surface area (Å²) in [5, 5.41) is 19.5. The van der Waals surface area contributed by atoms with E-state index < -0.39 is 11.2 Å². The lowest BCUT2D eigenvalue weighted by molar-refractivity contribution is -0.136. The smallest absolute Gasteiger partial charge is 0.316 e. The molecule has 1 N–H and O–H groups in total. The van der Waals surface area contributed by atoms with Crippen LogP contribution in [0.1, 0.15) is 6.92 Å². The van der Waals surface area contributed by atoms with Crippen LogP contribution < -0.4 is 0 Å². The number of aliphatic carboxylic acids is 1. The first kappa shape index (κ1) is 12.5. The topological polar surface area (TPSA) is 80.9 Å². The number of aromatic nitrogens is 4. The van der Waals surface area contributed by atoms with Crippen molar-refractivity contribution in [2.75, 3.05) is 0 Å². The Bertz CT molecular complexity index is 557. The Morgan fingerprint density at radius 2 is 2.11 bits per heavy atom. The van der Waals surface area contributed by atoms with Gasteiger partial charge in [0.05, 0.1) is 5.69 Å². The van der Waals surface area contributed by atoms with E-state index in [1.165, 1.54) is 35.9 Å². The van der Waals surface area contributed by atoms with Crippen LogP contribution in [-0.2, 0) is 4.79 Å². The molecule has 0 amide bonds. The Morgan fingerprint density at radius 1 is 1.44 bits per heavy atom. The summed E-state index contributed by atoms with van der Waals surface area (Å²) in [6, 6.07) is 5.60. The SMILES string of the molecule is CC(Sc1nnnn1-c1ccc(F)cc1)C(=O)O. The van der Waals surface area contributed by atoms with Gasteiger partial charge in [-0.05, 0) is 41.6 Å². The van der Waals surface area contributed by atoms with Crippen LogP contribution in [0.5, 0.6) is 0 Å². The Morgan fingerprint density at radius 3 is 2.72 bits per heavy atom. The van der Waals surface area contributed by atoms with Gasteiger partial charge in [0.25, 0.3) is 0 Å². The molecule has 1 atom stereocenters. The van der Waals surface area contributed by atoms with Gasteiger partial charge in [0.2, 0.25) is 5.16 Å². The van der Waals surface area contributed by atoms with E-state index in [0.29, 0.717) is 10.8 Å². The zero-order chi connectivity index (χ0) is 13.1. The summed E-state index contributed by atoms with van der Waals surface area (Å²) < 4.78 is 14.2. The van der Waals surface area contributed by atoms with Crippen molar-refractivity contribution in [1.29, 1.82) is 0 Å². The molecule has 18 heavy (non-hydrogen) atoms. The number of benzene rings is 1. The van der Waals surface area contributed by atoms with Crippen LogP contribution in [0.25, 0.3) is 5.69 Å². The third kappa shape index (κ3) is 2.65. The number of thioether (sulfide) groups is 1. The summed E-state index contributed by atoms with van der Waals surface area (Å²) in [7, 11) is 0. The van der Waals surface area contributed by atoms with Gasteiger partial charge in [0.1, 0.15) is 11.1 Å². The number of nitrogens with zero attached hydrogens (tertiary/aromatic N) is 4. The zero-order valence-electron chi connectivity index (χ0n) is 9.32. The van der Waals surface area contributed by atoms with Crippen molar-refractivity contribution < 1.29 is 14.3 Å². The second-order valence-corrected chi connectivity index (χ2v) is 4.76. The van der Waals surface area contributed by atoms with Gasteiger partial charge in [-0.2, -0.15) is 4.68 Å². The monoisotopic (exact) mass is 268 g/mol. The van der Waals surface area contributed by atoms with E-state index in [1.54, 1.807) is 0 Å². The van der Waals surface area contributed by atoms with Crippen LogP contribution in [0.15, 0.2) is 29.4 Å². The fraction of sp³-hybridized carbons (Fsp3) is 0.200. The van der Waals surface area contributed by atoms with Crippen molar-refractivity contribution in [3.8, 4) is 5.69 Å². The molecule has 0 saturated heterocycles. The van der Waals surface area contributed by atoms with E-state index in [4.69, 9.17) is 5.11 Å². The van der Waals surface area contributed by atoms with Crippen LogP contribution in [0.4, 0.5) is 4.39 Å². The summed E-state index contributed by atoms with van der Waals surface area (Å²) in [5.41, 5.74) is 0.571. The molecule has 6 nitrogen and oxygen atoms in total. The van der Waals surface area contributed by atoms with Gasteiger partial charge in [-0.3, -0.25) is 4.79 Å². The number of carboxylic acids is 1. The zero-order valence-corrected chi connectivity index (χ0v) is 10.1. The molecule has 0 bridgehead atoms. The molecule has 0 aliphatic rings. The van der Waals surface area contributed by atoms with Gasteiger partial charge in [-0.15, -0.1) is 5.10 Å². The van der Waals surface area contributed by atoms with Crippen molar-refractivity contribution in [3.63, 3.8) is 0 Å². The average molecular weight is 268 g/mol. The summed E-state index contributed by atoms with van der Waals surface area (Å²) in [4.78, 5) is 10.8. The number of halogens is 1. The third-order valence-electron chi connectivity index (χ3n) is 2.14. The minimum Gasteiger partial charge on any atom is -0.480 e. The highest BCUT2D eigenvalue weighted by atomic mass is 32.2. The lowest BCUT2D eigenvalue weighted by Crippen LogP contribution is -2.12. The van der Waals surface area contributed by atoms with Gasteiger partial charge < -0.3 is 5.11 Å². The molecule has 1 aromatic carbocycles. The Hall–Kier alpha value is -1.96. The highest BCUT2D eigenvalue weighted by molar-refractivity contribution is 8.00. The molecule has 1 unspecified atom stereocenters. The predicted molar refractivity (Wildman–Crippen MR) is 62.1 cm³/mol. The van der Waals surface area contributed by atoms with Crippen molar-refractivity contribution in [1.82, 2.24) is 20.2 Å². The fourth-order valence-electron chi connectivity index (χ4n) is 1.21. The molecular weight excluding hydrogens is 259 g/mol. The lowest BCUT2D eigenvalue weighted by atomic mass is 10.3. The molecule has 0 spiro atoms. The minimum atomic E-state index is -0.950. The van der Waals surface area contributed by atoms with Crippen LogP contribution in [0.3, 0.4) is 0 Å². The average Bonchev–Trinajstić information content (AvgIpc) is 2.78. The standard InChI is InChI=1S/C10H9FN4O2S/c1-6(9(16)17)18-10-12-13-14-15(10)8-4-2-7(11)3-5-8/h2-6H,1H3,(H,16,17). The number of carboxylic acid groups (broad SMARTS) is 1. The summed E-state index contributed by atoms with van der Waals surface area (Å²) in [6.07, 6.45) is 0. The van der Waals surface area contributed by atoms with E-state index in [2.05, 4.69) is 15.5 Å². The molecule has 2 aromatic rings. The van der Waals surface area contributed by atoms with Crippen molar-refractivity contribution in [2.24, 2.45) is 0 Å². The molecule has 0 saturated carbocycles. The number of hydrogen-bond acceptors (Lipinski definition) is 5. The van der Waals surface area contributed by atoms with Gasteiger partial charge in [-0.1, -0.05) is 11.8 Å². The Labute approximate surface area is 106 Å². The molecular formula is C10H9FN4O2S. The fourth-order valence-corrected chi connectivity index (χ4v) is 1.95. The third-order valence-corrected chi connectivity index (χ3v) is 3.16. The Balaban J connectivity index is 2.27. The normalized spacial score (nSPS) is 12.3. The molecule has 0 aliphatic heterocycles. The number of hydrogen-bond donors (Lipinski definition) is 1. The lowest BCUT2D eigenvalue weighted by Gasteiger charge is -2.06. The van der Waals surface area contributed by atoms with E-state index in [1.807, 2.05) is 0 Å². The summed E-state index contributed by atoms with van der Waals surface area (Å²) in [5.74, 6) is -1.31. The maximum absolute atomic E-state index is 12.8. The van der Waals surface area contributed by atoms with Crippen molar-refractivity contribution >= 4 is 17.7 Å². The number of carbonyl (C=O) groups is 1. The second kappa shape index (κ2) is 5.13. The van der Waals surface area contributed by atoms with Crippen LogP contribution >= 0.6 is 11.8 Å². The summed E-state index contributed by atoms with van der Waals surface area (Å²) in [6.45, 7) is 1.54. The van der Waals surface area contributed by atoms with Gasteiger partial charge >= 0.3 is 5.97 Å². The Kier molecular flexibility index (Phi) is 3.56. The summed E-state index contributed by atoms with van der Waals surface area (Å²) >= 11 is 1.02. The number of rotatable bonds is 4. The number of tetrazole rings is 1. The first-order chi connectivity index (χ1) is 8.58. The van der Waals surface area contributed by atoms with E-state index in [9.17, 15) is 9.18 Å². The first-order valence-corrected chi connectivity index (χ1v) is 5.89. The molecule has 0 fully saturated rings. The molecule has 94 valence electrons. The first-order valence-electron chi connectivity index (χ1n) is 5.01. The van der Waals surface area contributed by atoms with E-state index in [-0.39, 0.29) is 5.82 Å². The maximum atomic E-state index is 12.8. The van der Waals surface area contributed by atoms with Crippen LogP contribution in [0.2, 0.25) is 0 Å². The molecule has 2 rings (SSSR count). The second-order valence-electron chi connectivity index (χ2n) is 3.45. The molecule has 8 heteroatoms. The highest BCUT2D eigenvalue weighted by Crippen LogP contribution is 2.22. The highest BCUT2D eigenvalue weighted by Gasteiger charge is 2.18. The van der Waals surface area contributed by atoms with Crippen molar-refractivity contribution in [3.05, 3.63) is 30.1 Å². The van der Waals surface area contributed by atoms with Gasteiger partial charge in [-0.25, -0.2) is 4.39 Å². The molecule has 0 aliphatic carbocycles. The van der Waals surface area contributed by atoms with Crippen molar-refractivity contribution in [2.45, 2.75) is 17.3 Å². The van der Waals surface area contributed by atoms with E-state index >= 15 is 0 Å².